The van der Waals surface area contributed by atoms with Gasteiger partial charge in [-0.3, -0.25) is 0 Å². The van der Waals surface area contributed by atoms with E-state index in [1.54, 1.807) is 0 Å². The zero-order chi connectivity index (χ0) is 13.9. The van der Waals surface area contributed by atoms with Gasteiger partial charge in [-0.15, -0.1) is 0 Å². The highest BCUT2D eigenvalue weighted by molar-refractivity contribution is 6.30. The van der Waals surface area contributed by atoms with Crippen LogP contribution in [0.15, 0.2) is 36.4 Å². The minimum atomic E-state index is 0.733. The number of ether oxygens (including phenoxy) is 1. The van der Waals surface area contributed by atoms with Crippen molar-refractivity contribution in [3.05, 3.63) is 58.1 Å². The molecule has 3 rings (SSSR count). The Balaban J connectivity index is 1.87. The van der Waals surface area contributed by atoms with Gasteiger partial charge in [-0.2, -0.15) is 0 Å². The van der Waals surface area contributed by atoms with Gasteiger partial charge in [-0.1, -0.05) is 17.7 Å². The number of halogens is 1. The van der Waals surface area contributed by atoms with Crippen LogP contribution in [0.5, 0.6) is 11.5 Å². The molecular formula is C17H18ClNO. The molecule has 0 saturated heterocycles. The van der Waals surface area contributed by atoms with Gasteiger partial charge in [0.1, 0.15) is 11.5 Å². The first-order chi connectivity index (χ1) is 9.76. The predicted molar refractivity (Wildman–Crippen MR) is 82.8 cm³/mol. The summed E-state index contributed by atoms with van der Waals surface area (Å²) in [6.07, 6.45) is 3.61. The van der Waals surface area contributed by atoms with Gasteiger partial charge in [0.05, 0.1) is 0 Å². The maximum Gasteiger partial charge on any atom is 0.132 e. The van der Waals surface area contributed by atoms with Gasteiger partial charge in [0.15, 0.2) is 0 Å². The Hall–Kier alpha value is -1.51. The van der Waals surface area contributed by atoms with Crippen molar-refractivity contribution in [1.29, 1.82) is 0 Å². The number of rotatable bonds is 4. The number of hydrogen-bond donors (Lipinski definition) is 1. The van der Waals surface area contributed by atoms with Crippen LogP contribution < -0.4 is 10.1 Å². The SMILES string of the molecule is CNCc1cc(Cl)ccc1Oc1ccc2c(c1)CCC2. The monoisotopic (exact) mass is 287 g/mol. The lowest BCUT2D eigenvalue weighted by Gasteiger charge is -2.12. The number of benzene rings is 2. The molecule has 2 nitrogen and oxygen atoms in total. The fourth-order valence-electron chi connectivity index (χ4n) is 2.71. The van der Waals surface area contributed by atoms with Crippen LogP contribution in [0.25, 0.3) is 0 Å². The summed E-state index contributed by atoms with van der Waals surface area (Å²) in [7, 11) is 1.92. The van der Waals surface area contributed by atoms with Crippen LogP contribution in [-0.4, -0.2) is 7.05 Å². The Bertz CT molecular complexity index is 624. The van der Waals surface area contributed by atoms with E-state index in [0.29, 0.717) is 0 Å². The number of aryl methyl sites for hydroxylation is 2. The van der Waals surface area contributed by atoms with Gasteiger partial charge in [0.2, 0.25) is 0 Å². The molecule has 0 fully saturated rings. The smallest absolute Gasteiger partial charge is 0.132 e. The Labute approximate surface area is 124 Å². The topological polar surface area (TPSA) is 21.3 Å². The van der Waals surface area contributed by atoms with E-state index in [4.69, 9.17) is 16.3 Å². The third-order valence-electron chi connectivity index (χ3n) is 3.69. The van der Waals surface area contributed by atoms with Crippen molar-refractivity contribution in [2.45, 2.75) is 25.8 Å². The third-order valence-corrected chi connectivity index (χ3v) is 3.92. The maximum absolute atomic E-state index is 6.05. The molecule has 0 saturated carbocycles. The average Bonchev–Trinajstić information content (AvgIpc) is 2.89. The summed E-state index contributed by atoms with van der Waals surface area (Å²) in [6, 6.07) is 12.2. The molecule has 2 aromatic carbocycles. The molecule has 3 heteroatoms. The van der Waals surface area contributed by atoms with Crippen molar-refractivity contribution >= 4 is 11.6 Å². The van der Waals surface area contributed by atoms with E-state index in [-0.39, 0.29) is 0 Å². The van der Waals surface area contributed by atoms with E-state index in [9.17, 15) is 0 Å². The van der Waals surface area contributed by atoms with Gasteiger partial charge >= 0.3 is 0 Å². The standard InChI is InChI=1S/C17H18ClNO/c1-19-11-14-9-15(18)6-8-17(14)20-16-7-5-12-3-2-4-13(12)10-16/h5-10,19H,2-4,11H2,1H3. The van der Waals surface area contributed by atoms with Gasteiger partial charge < -0.3 is 10.1 Å². The second kappa shape index (κ2) is 5.86. The second-order valence-electron chi connectivity index (χ2n) is 5.17. The van der Waals surface area contributed by atoms with Crippen molar-refractivity contribution < 1.29 is 4.74 Å². The number of hydrogen-bond acceptors (Lipinski definition) is 2. The summed E-state index contributed by atoms with van der Waals surface area (Å²) in [4.78, 5) is 0. The van der Waals surface area contributed by atoms with Crippen molar-refractivity contribution in [2.24, 2.45) is 0 Å². The highest BCUT2D eigenvalue weighted by atomic mass is 35.5. The van der Waals surface area contributed by atoms with Crippen molar-refractivity contribution in [3.8, 4) is 11.5 Å². The Kier molecular flexibility index (Phi) is 3.95. The molecule has 0 amide bonds. The summed E-state index contributed by atoms with van der Waals surface area (Å²) in [5.74, 6) is 1.77. The van der Waals surface area contributed by atoms with Crippen LogP contribution in [0.1, 0.15) is 23.1 Å². The van der Waals surface area contributed by atoms with Crippen LogP contribution >= 0.6 is 11.6 Å². The molecule has 1 aliphatic carbocycles. The second-order valence-corrected chi connectivity index (χ2v) is 5.60. The van der Waals surface area contributed by atoms with E-state index in [0.717, 1.165) is 35.1 Å². The molecule has 104 valence electrons. The van der Waals surface area contributed by atoms with Crippen LogP contribution in [0.4, 0.5) is 0 Å². The predicted octanol–water partition coefficient (Wildman–Crippen LogP) is 4.34. The molecule has 20 heavy (non-hydrogen) atoms. The van der Waals surface area contributed by atoms with Gasteiger partial charge in [0.25, 0.3) is 0 Å². The summed E-state index contributed by atoms with van der Waals surface area (Å²) in [5, 5.41) is 3.87. The maximum atomic E-state index is 6.05. The van der Waals surface area contributed by atoms with E-state index in [1.165, 1.54) is 24.0 Å². The lowest BCUT2D eigenvalue weighted by molar-refractivity contribution is 0.473. The number of nitrogens with one attached hydrogen (secondary N) is 1. The molecule has 1 aliphatic rings. The Morgan fingerprint density at radius 2 is 1.95 bits per heavy atom. The Morgan fingerprint density at radius 1 is 1.10 bits per heavy atom. The molecular weight excluding hydrogens is 270 g/mol. The molecule has 1 N–H and O–H groups in total. The lowest BCUT2D eigenvalue weighted by Crippen LogP contribution is -2.06. The molecule has 0 radical (unpaired) electrons. The highest BCUT2D eigenvalue weighted by Crippen LogP contribution is 2.31. The molecule has 0 atom stereocenters. The minimum Gasteiger partial charge on any atom is -0.457 e. The summed E-state index contributed by atoms with van der Waals surface area (Å²) in [6.45, 7) is 0.737. The quantitative estimate of drug-likeness (QED) is 0.903. The van der Waals surface area contributed by atoms with Crippen LogP contribution in [0, 0.1) is 0 Å². The zero-order valence-electron chi connectivity index (χ0n) is 11.6. The highest BCUT2D eigenvalue weighted by Gasteiger charge is 2.12. The summed E-state index contributed by atoms with van der Waals surface area (Å²) < 4.78 is 6.04. The van der Waals surface area contributed by atoms with E-state index in [2.05, 4.69) is 23.5 Å². The van der Waals surface area contributed by atoms with Crippen LogP contribution in [-0.2, 0) is 19.4 Å². The first-order valence-electron chi connectivity index (χ1n) is 6.99. The van der Waals surface area contributed by atoms with E-state index in [1.807, 2.05) is 25.2 Å². The van der Waals surface area contributed by atoms with Gasteiger partial charge in [0, 0.05) is 17.1 Å². The van der Waals surface area contributed by atoms with Crippen molar-refractivity contribution in [2.75, 3.05) is 7.05 Å². The fourth-order valence-corrected chi connectivity index (χ4v) is 2.91. The first-order valence-corrected chi connectivity index (χ1v) is 7.37. The largest absolute Gasteiger partial charge is 0.457 e. The molecule has 2 aromatic rings. The molecule has 0 spiro atoms. The fraction of sp³-hybridized carbons (Fsp3) is 0.294. The molecule has 0 aromatic heterocycles. The molecule has 0 unspecified atom stereocenters. The van der Waals surface area contributed by atoms with E-state index < -0.39 is 0 Å². The Morgan fingerprint density at radius 3 is 2.80 bits per heavy atom. The van der Waals surface area contributed by atoms with Crippen LogP contribution in [0.2, 0.25) is 5.02 Å². The molecule has 0 bridgehead atoms. The van der Waals surface area contributed by atoms with Gasteiger partial charge in [-0.05, 0) is 67.8 Å². The van der Waals surface area contributed by atoms with Crippen molar-refractivity contribution in [1.82, 2.24) is 5.32 Å². The average molecular weight is 288 g/mol. The summed E-state index contributed by atoms with van der Waals surface area (Å²) >= 11 is 6.05. The third kappa shape index (κ3) is 2.82. The lowest BCUT2D eigenvalue weighted by atomic mass is 10.1. The molecule has 0 aliphatic heterocycles. The minimum absolute atomic E-state index is 0.733. The normalized spacial score (nSPS) is 13.3. The van der Waals surface area contributed by atoms with Crippen LogP contribution in [0.3, 0.4) is 0 Å². The van der Waals surface area contributed by atoms with Gasteiger partial charge in [-0.25, -0.2) is 0 Å². The number of fused-ring (bicyclic) bond motifs is 1. The molecule has 0 heterocycles. The zero-order valence-corrected chi connectivity index (χ0v) is 12.3. The first kappa shape index (κ1) is 13.5. The summed E-state index contributed by atoms with van der Waals surface area (Å²) in [5.41, 5.74) is 3.95. The van der Waals surface area contributed by atoms with Crippen molar-refractivity contribution in [3.63, 3.8) is 0 Å². The van der Waals surface area contributed by atoms with E-state index >= 15 is 0 Å².